The highest BCUT2D eigenvalue weighted by Gasteiger charge is 2.23. The highest BCUT2D eigenvalue weighted by atomic mass is 16.5. The predicted octanol–water partition coefficient (Wildman–Crippen LogP) is 1.99. The second-order valence-electron chi connectivity index (χ2n) is 6.62. The molecule has 0 aliphatic carbocycles. The second-order valence-corrected chi connectivity index (χ2v) is 6.62. The maximum atomic E-state index is 12.9. The average Bonchev–Trinajstić information content (AvgIpc) is 3.15. The minimum Gasteiger partial charge on any atom is -0.493 e. The summed E-state index contributed by atoms with van der Waals surface area (Å²) in [5.41, 5.74) is 0.921. The molecule has 2 amide bonds. The Bertz CT molecular complexity index is 794. The zero-order valence-electron chi connectivity index (χ0n) is 16.6. The Morgan fingerprint density at radius 1 is 1.39 bits per heavy atom. The van der Waals surface area contributed by atoms with Crippen molar-refractivity contribution in [3.05, 3.63) is 35.9 Å². The molecule has 2 aromatic rings. The second kappa shape index (κ2) is 9.41. The minimum absolute atomic E-state index is 0.149. The molecular weight excluding hydrogens is 362 g/mol. The quantitative estimate of drug-likeness (QED) is 0.813. The van der Waals surface area contributed by atoms with Gasteiger partial charge in [-0.05, 0) is 19.4 Å². The molecule has 1 N–H and O–H groups in total. The van der Waals surface area contributed by atoms with Gasteiger partial charge < -0.3 is 29.0 Å². The molecule has 28 heavy (non-hydrogen) atoms. The first-order valence-corrected chi connectivity index (χ1v) is 9.34. The maximum absolute atomic E-state index is 12.9. The highest BCUT2D eigenvalue weighted by Crippen LogP contribution is 2.33. The average molecular weight is 389 g/mol. The molecule has 1 aromatic heterocycles. The largest absolute Gasteiger partial charge is 0.493 e. The minimum atomic E-state index is -0.279. The number of ether oxygens (including phenoxy) is 3. The zero-order chi connectivity index (χ0) is 19.9. The van der Waals surface area contributed by atoms with Crippen molar-refractivity contribution in [2.24, 2.45) is 0 Å². The molecule has 1 aromatic carbocycles. The van der Waals surface area contributed by atoms with E-state index in [4.69, 9.17) is 14.2 Å². The Labute approximate surface area is 164 Å². The van der Waals surface area contributed by atoms with Crippen LogP contribution in [0.2, 0.25) is 0 Å². The summed E-state index contributed by atoms with van der Waals surface area (Å²) < 4.78 is 18.2. The van der Waals surface area contributed by atoms with Crippen LogP contribution < -0.4 is 14.8 Å². The summed E-state index contributed by atoms with van der Waals surface area (Å²) in [5.74, 6) is 2.08. The Morgan fingerprint density at radius 3 is 3.04 bits per heavy atom. The van der Waals surface area contributed by atoms with E-state index in [1.807, 2.05) is 29.7 Å². The van der Waals surface area contributed by atoms with E-state index < -0.39 is 0 Å². The van der Waals surface area contributed by atoms with Crippen LogP contribution in [0.25, 0.3) is 0 Å². The van der Waals surface area contributed by atoms with E-state index in [-0.39, 0.29) is 12.1 Å². The molecule has 9 nitrogen and oxygen atoms in total. The number of hydrogen-bond donors (Lipinski definition) is 1. The molecule has 0 fully saturated rings. The molecule has 0 unspecified atom stereocenters. The third kappa shape index (κ3) is 4.53. The van der Waals surface area contributed by atoms with Crippen LogP contribution >= 0.6 is 0 Å². The first-order chi connectivity index (χ1) is 13.6. The number of carbonyl (C=O) groups excluding carboxylic acids is 1. The van der Waals surface area contributed by atoms with E-state index in [0.717, 1.165) is 12.0 Å². The van der Waals surface area contributed by atoms with Gasteiger partial charge in [0.15, 0.2) is 17.3 Å². The fourth-order valence-electron chi connectivity index (χ4n) is 3.20. The molecular formula is C19H27N5O4. The summed E-state index contributed by atoms with van der Waals surface area (Å²) in [7, 11) is 3.26. The highest BCUT2D eigenvalue weighted by molar-refractivity contribution is 5.74. The van der Waals surface area contributed by atoms with Gasteiger partial charge >= 0.3 is 6.03 Å². The normalized spacial score (nSPS) is 15.0. The van der Waals surface area contributed by atoms with E-state index in [1.54, 1.807) is 25.4 Å². The number of fused-ring (bicyclic) bond motifs is 1. The van der Waals surface area contributed by atoms with Gasteiger partial charge in [0.1, 0.15) is 6.33 Å². The van der Waals surface area contributed by atoms with E-state index in [0.29, 0.717) is 50.2 Å². The SMILES string of the molecule is COCCn1cnnc1[C@H](C)NC(=O)N1CCCOc2c(cccc2OC)C1. The number of urea groups is 1. The Balaban J connectivity index is 1.70. The fraction of sp³-hybridized carbons (Fsp3) is 0.526. The van der Waals surface area contributed by atoms with Crippen LogP contribution in [0.4, 0.5) is 4.79 Å². The molecule has 3 rings (SSSR count). The van der Waals surface area contributed by atoms with Crippen molar-refractivity contribution < 1.29 is 19.0 Å². The molecule has 0 bridgehead atoms. The third-order valence-corrected chi connectivity index (χ3v) is 4.66. The number of nitrogens with one attached hydrogen (secondary N) is 1. The maximum Gasteiger partial charge on any atom is 0.318 e. The lowest BCUT2D eigenvalue weighted by Gasteiger charge is -2.28. The predicted molar refractivity (Wildman–Crippen MR) is 102 cm³/mol. The number of para-hydroxylation sites is 1. The number of aromatic nitrogens is 3. The van der Waals surface area contributed by atoms with Gasteiger partial charge in [0.05, 0.1) is 32.9 Å². The smallest absolute Gasteiger partial charge is 0.318 e. The van der Waals surface area contributed by atoms with Crippen molar-refractivity contribution in [2.75, 3.05) is 34.0 Å². The lowest BCUT2D eigenvalue weighted by Crippen LogP contribution is -2.42. The van der Waals surface area contributed by atoms with Crippen molar-refractivity contribution in [1.29, 1.82) is 0 Å². The molecule has 152 valence electrons. The fourth-order valence-corrected chi connectivity index (χ4v) is 3.20. The molecule has 1 aliphatic heterocycles. The lowest BCUT2D eigenvalue weighted by molar-refractivity contribution is 0.175. The van der Waals surface area contributed by atoms with Crippen LogP contribution in [0.5, 0.6) is 11.5 Å². The number of methoxy groups -OCH3 is 2. The number of hydrogen-bond acceptors (Lipinski definition) is 6. The Kier molecular flexibility index (Phi) is 6.70. The summed E-state index contributed by atoms with van der Waals surface area (Å²) in [5, 5.41) is 11.1. The first-order valence-electron chi connectivity index (χ1n) is 9.34. The van der Waals surface area contributed by atoms with Crippen LogP contribution in [0.1, 0.15) is 30.8 Å². The number of amides is 2. The summed E-state index contributed by atoms with van der Waals surface area (Å²) in [6.07, 6.45) is 2.39. The van der Waals surface area contributed by atoms with Crippen molar-refractivity contribution >= 4 is 6.03 Å². The summed E-state index contributed by atoms with van der Waals surface area (Å²) in [4.78, 5) is 14.7. The van der Waals surface area contributed by atoms with Crippen LogP contribution in [0.15, 0.2) is 24.5 Å². The van der Waals surface area contributed by atoms with Crippen molar-refractivity contribution in [3.63, 3.8) is 0 Å². The molecule has 9 heteroatoms. The molecule has 2 heterocycles. The van der Waals surface area contributed by atoms with Crippen molar-refractivity contribution in [1.82, 2.24) is 25.0 Å². The van der Waals surface area contributed by atoms with Gasteiger partial charge in [0.25, 0.3) is 0 Å². The van der Waals surface area contributed by atoms with Gasteiger partial charge in [-0.3, -0.25) is 0 Å². The Morgan fingerprint density at radius 2 is 2.25 bits per heavy atom. The number of nitrogens with zero attached hydrogens (tertiary/aromatic N) is 4. The van der Waals surface area contributed by atoms with E-state index >= 15 is 0 Å². The van der Waals surface area contributed by atoms with E-state index in [1.165, 1.54) is 0 Å². The van der Waals surface area contributed by atoms with Gasteiger partial charge in [0, 0.05) is 25.8 Å². The third-order valence-electron chi connectivity index (χ3n) is 4.66. The molecule has 1 aliphatic rings. The Hall–Kier alpha value is -2.81. The van der Waals surface area contributed by atoms with Gasteiger partial charge in [-0.2, -0.15) is 0 Å². The van der Waals surface area contributed by atoms with Gasteiger partial charge in [-0.1, -0.05) is 12.1 Å². The van der Waals surface area contributed by atoms with E-state index in [2.05, 4.69) is 15.5 Å². The van der Waals surface area contributed by atoms with Crippen LogP contribution in [0.3, 0.4) is 0 Å². The molecule has 0 saturated carbocycles. The van der Waals surface area contributed by atoms with E-state index in [9.17, 15) is 4.79 Å². The van der Waals surface area contributed by atoms with Gasteiger partial charge in [0.2, 0.25) is 0 Å². The molecule has 0 radical (unpaired) electrons. The zero-order valence-corrected chi connectivity index (χ0v) is 16.6. The first kappa shape index (κ1) is 19.9. The van der Waals surface area contributed by atoms with Crippen LogP contribution in [-0.4, -0.2) is 59.7 Å². The lowest BCUT2D eigenvalue weighted by atomic mass is 10.1. The molecule has 0 spiro atoms. The van der Waals surface area contributed by atoms with Crippen molar-refractivity contribution in [3.8, 4) is 11.5 Å². The molecule has 1 atom stereocenters. The standard InChI is InChI=1S/C19H27N5O4/c1-14(18-22-20-13-24(18)9-11-26-2)21-19(25)23-8-5-10-28-17-15(12-23)6-4-7-16(17)27-3/h4,6-7,13-14H,5,8-12H2,1-3H3,(H,21,25)/t14-/m0/s1. The van der Waals surface area contributed by atoms with Crippen LogP contribution in [0, 0.1) is 0 Å². The number of rotatable bonds is 6. The van der Waals surface area contributed by atoms with Gasteiger partial charge in [-0.25, -0.2) is 4.79 Å². The monoisotopic (exact) mass is 389 g/mol. The summed E-state index contributed by atoms with van der Waals surface area (Å²) >= 11 is 0. The number of benzene rings is 1. The summed E-state index contributed by atoms with van der Waals surface area (Å²) in [6, 6.07) is 5.29. The molecule has 0 saturated heterocycles. The van der Waals surface area contributed by atoms with Crippen LogP contribution in [-0.2, 0) is 17.8 Å². The summed E-state index contributed by atoms with van der Waals surface area (Å²) in [6.45, 7) is 4.66. The van der Waals surface area contributed by atoms with Gasteiger partial charge in [-0.15, -0.1) is 10.2 Å². The topological polar surface area (TPSA) is 90.7 Å². The number of carbonyl (C=O) groups is 1. The van der Waals surface area contributed by atoms with Crippen molar-refractivity contribution in [2.45, 2.75) is 32.5 Å².